The summed E-state index contributed by atoms with van der Waals surface area (Å²) in [4.78, 5) is 20.4. The lowest BCUT2D eigenvalue weighted by Gasteiger charge is -2.34. The smallest absolute Gasteiger partial charge is 0.293 e. The average molecular weight is 257 g/mol. The monoisotopic (exact) mass is 256 g/mol. The van der Waals surface area contributed by atoms with Crippen LogP contribution in [0.15, 0.2) is 17.2 Å². The Hall–Kier alpha value is -1.07. The first kappa shape index (κ1) is 12.4. The molecule has 2 rings (SSSR count). The van der Waals surface area contributed by atoms with Crippen molar-refractivity contribution in [1.82, 2.24) is 14.5 Å². The highest BCUT2D eigenvalue weighted by Crippen LogP contribution is 2.08. The van der Waals surface area contributed by atoms with Gasteiger partial charge in [0.1, 0.15) is 0 Å². The second-order valence-electron chi connectivity index (χ2n) is 4.18. The fourth-order valence-electron chi connectivity index (χ4n) is 2.00. The fraction of sp³-hybridized carbons (Fsp3) is 0.636. The van der Waals surface area contributed by atoms with E-state index in [1.807, 2.05) is 4.90 Å². The number of aryl methyl sites for hydroxylation is 1. The van der Waals surface area contributed by atoms with Crippen molar-refractivity contribution in [2.45, 2.75) is 0 Å². The number of hydrogen-bond donors (Lipinski definition) is 0. The number of anilines is 1. The summed E-state index contributed by atoms with van der Waals surface area (Å²) in [5.74, 6) is 1.21. The predicted molar refractivity (Wildman–Crippen MR) is 68.9 cm³/mol. The molecule has 1 aliphatic heterocycles. The van der Waals surface area contributed by atoms with Crippen molar-refractivity contribution >= 4 is 17.4 Å². The van der Waals surface area contributed by atoms with Gasteiger partial charge in [-0.3, -0.25) is 9.69 Å². The van der Waals surface area contributed by atoms with Gasteiger partial charge in [-0.05, 0) is 0 Å². The van der Waals surface area contributed by atoms with Gasteiger partial charge in [0, 0.05) is 58.0 Å². The first-order valence-electron chi connectivity index (χ1n) is 5.77. The van der Waals surface area contributed by atoms with Crippen LogP contribution in [0.25, 0.3) is 0 Å². The van der Waals surface area contributed by atoms with Crippen molar-refractivity contribution in [2.75, 3.05) is 43.5 Å². The van der Waals surface area contributed by atoms with Crippen molar-refractivity contribution in [3.8, 4) is 0 Å². The molecule has 5 nitrogen and oxygen atoms in total. The standard InChI is InChI=1S/C11H17ClN4O/c1-14-5-3-13-10(11(14)17)16-8-6-15(4-2-12)7-9-16/h3,5H,2,4,6-9H2,1H3. The van der Waals surface area contributed by atoms with Crippen molar-refractivity contribution in [3.05, 3.63) is 22.7 Å². The SMILES string of the molecule is Cn1ccnc(N2CCN(CCCl)CC2)c1=O. The lowest BCUT2D eigenvalue weighted by atomic mass is 10.3. The maximum Gasteiger partial charge on any atom is 0.293 e. The van der Waals surface area contributed by atoms with Gasteiger partial charge in [-0.25, -0.2) is 4.98 Å². The number of piperazine rings is 1. The molecule has 1 fully saturated rings. The minimum atomic E-state index is -0.0294. The molecule has 1 aliphatic rings. The van der Waals surface area contributed by atoms with E-state index in [4.69, 9.17) is 11.6 Å². The maximum atomic E-state index is 11.9. The quantitative estimate of drug-likeness (QED) is 0.722. The van der Waals surface area contributed by atoms with E-state index in [9.17, 15) is 4.79 Å². The van der Waals surface area contributed by atoms with Crippen molar-refractivity contribution in [1.29, 1.82) is 0 Å². The minimum Gasteiger partial charge on any atom is -0.349 e. The molecule has 0 N–H and O–H groups in total. The molecule has 0 spiro atoms. The zero-order valence-electron chi connectivity index (χ0n) is 9.97. The molecule has 0 aliphatic carbocycles. The predicted octanol–water partition coefficient (Wildman–Crippen LogP) is 0.141. The molecule has 6 heteroatoms. The second-order valence-corrected chi connectivity index (χ2v) is 4.56. The number of halogens is 1. The average Bonchev–Trinajstić information content (AvgIpc) is 2.34. The summed E-state index contributed by atoms with van der Waals surface area (Å²) < 4.78 is 1.56. The summed E-state index contributed by atoms with van der Waals surface area (Å²) in [5.41, 5.74) is -0.0294. The molecule has 0 aromatic carbocycles. The lowest BCUT2D eigenvalue weighted by molar-refractivity contribution is 0.271. The van der Waals surface area contributed by atoms with Gasteiger partial charge >= 0.3 is 0 Å². The molecule has 2 heterocycles. The molecule has 0 amide bonds. The van der Waals surface area contributed by atoms with Crippen molar-refractivity contribution < 1.29 is 0 Å². The number of hydrogen-bond acceptors (Lipinski definition) is 4. The van der Waals surface area contributed by atoms with Crippen LogP contribution in [-0.4, -0.2) is 53.1 Å². The van der Waals surface area contributed by atoms with Gasteiger partial charge in [0.25, 0.3) is 5.56 Å². The van der Waals surface area contributed by atoms with Crippen LogP contribution in [0.5, 0.6) is 0 Å². The van der Waals surface area contributed by atoms with Gasteiger partial charge < -0.3 is 9.47 Å². The summed E-state index contributed by atoms with van der Waals surface area (Å²) >= 11 is 5.71. The molecule has 0 unspecified atom stereocenters. The zero-order chi connectivity index (χ0) is 12.3. The lowest BCUT2D eigenvalue weighted by Crippen LogP contribution is -2.49. The largest absolute Gasteiger partial charge is 0.349 e. The third-order valence-corrected chi connectivity index (χ3v) is 3.24. The van der Waals surface area contributed by atoms with Crippen molar-refractivity contribution in [2.24, 2.45) is 7.05 Å². The van der Waals surface area contributed by atoms with Gasteiger partial charge in [0.15, 0.2) is 5.82 Å². The molecule has 1 aromatic heterocycles. The van der Waals surface area contributed by atoms with Crippen LogP contribution in [-0.2, 0) is 7.05 Å². The van der Waals surface area contributed by atoms with Crippen LogP contribution < -0.4 is 10.5 Å². The molecule has 0 saturated carbocycles. The molecular weight excluding hydrogens is 240 g/mol. The summed E-state index contributed by atoms with van der Waals surface area (Å²) in [5, 5.41) is 0. The Bertz CT molecular complexity index is 426. The first-order valence-corrected chi connectivity index (χ1v) is 6.30. The summed E-state index contributed by atoms with van der Waals surface area (Å²) in [7, 11) is 1.75. The Kier molecular flexibility index (Phi) is 4.02. The molecule has 0 bridgehead atoms. The number of aromatic nitrogens is 2. The normalized spacial score (nSPS) is 17.4. The highest BCUT2D eigenvalue weighted by Gasteiger charge is 2.19. The van der Waals surface area contributed by atoms with Crippen LogP contribution >= 0.6 is 11.6 Å². The van der Waals surface area contributed by atoms with Gasteiger partial charge in [-0.15, -0.1) is 11.6 Å². The Morgan fingerprint density at radius 1 is 1.35 bits per heavy atom. The number of nitrogens with zero attached hydrogens (tertiary/aromatic N) is 4. The number of alkyl halides is 1. The van der Waals surface area contributed by atoms with E-state index in [-0.39, 0.29) is 5.56 Å². The Balaban J connectivity index is 2.06. The van der Waals surface area contributed by atoms with E-state index in [1.54, 1.807) is 24.0 Å². The topological polar surface area (TPSA) is 41.4 Å². The van der Waals surface area contributed by atoms with Crippen LogP contribution in [0.1, 0.15) is 0 Å². The van der Waals surface area contributed by atoms with Crippen LogP contribution in [0.2, 0.25) is 0 Å². The first-order chi connectivity index (χ1) is 8.22. The van der Waals surface area contributed by atoms with Gasteiger partial charge in [-0.2, -0.15) is 0 Å². The van der Waals surface area contributed by atoms with Crippen LogP contribution in [0.3, 0.4) is 0 Å². The van der Waals surface area contributed by atoms with Crippen molar-refractivity contribution in [3.63, 3.8) is 0 Å². The summed E-state index contributed by atoms with van der Waals surface area (Å²) in [6, 6.07) is 0. The Labute approximate surface area is 106 Å². The highest BCUT2D eigenvalue weighted by molar-refractivity contribution is 6.18. The molecule has 0 radical (unpaired) electrons. The minimum absolute atomic E-state index is 0.0294. The molecule has 94 valence electrons. The summed E-state index contributed by atoms with van der Waals surface area (Å²) in [6.45, 7) is 4.46. The maximum absolute atomic E-state index is 11.9. The third-order valence-electron chi connectivity index (χ3n) is 3.07. The van der Waals surface area contributed by atoms with Gasteiger partial charge in [-0.1, -0.05) is 0 Å². The Morgan fingerprint density at radius 3 is 2.71 bits per heavy atom. The fourth-order valence-corrected chi connectivity index (χ4v) is 2.24. The van der Waals surface area contributed by atoms with E-state index in [1.165, 1.54) is 0 Å². The molecular formula is C11H17ClN4O. The van der Waals surface area contributed by atoms with Crippen LogP contribution in [0.4, 0.5) is 5.82 Å². The van der Waals surface area contributed by atoms with E-state index in [2.05, 4.69) is 9.88 Å². The van der Waals surface area contributed by atoms with E-state index < -0.39 is 0 Å². The van der Waals surface area contributed by atoms with E-state index >= 15 is 0 Å². The van der Waals surface area contributed by atoms with E-state index in [0.717, 1.165) is 32.7 Å². The van der Waals surface area contributed by atoms with Crippen LogP contribution in [0, 0.1) is 0 Å². The van der Waals surface area contributed by atoms with Gasteiger partial charge in [0.05, 0.1) is 0 Å². The Morgan fingerprint density at radius 2 is 2.06 bits per heavy atom. The van der Waals surface area contributed by atoms with E-state index in [0.29, 0.717) is 11.7 Å². The zero-order valence-corrected chi connectivity index (χ0v) is 10.7. The molecule has 1 saturated heterocycles. The molecule has 0 atom stereocenters. The molecule has 1 aromatic rings. The third kappa shape index (κ3) is 2.79. The summed E-state index contributed by atoms with van der Waals surface area (Å²) in [6.07, 6.45) is 3.34. The highest BCUT2D eigenvalue weighted by atomic mass is 35.5. The van der Waals surface area contributed by atoms with Gasteiger partial charge in [0.2, 0.25) is 0 Å². The second kappa shape index (κ2) is 5.51. The number of rotatable bonds is 3. The molecule has 17 heavy (non-hydrogen) atoms.